The minimum absolute atomic E-state index is 0.266. The van der Waals surface area contributed by atoms with Crippen molar-refractivity contribution in [1.29, 1.82) is 0 Å². The van der Waals surface area contributed by atoms with Crippen LogP contribution in [-0.2, 0) is 7.05 Å². The second-order valence-electron chi connectivity index (χ2n) is 3.45. The molecule has 0 aliphatic heterocycles. The Morgan fingerprint density at radius 2 is 2.21 bits per heavy atom. The Morgan fingerprint density at radius 3 is 2.71 bits per heavy atom. The van der Waals surface area contributed by atoms with Gasteiger partial charge in [-0.05, 0) is 13.3 Å². The zero-order valence-electron chi connectivity index (χ0n) is 9.03. The second kappa shape index (κ2) is 5.36. The Balaban J connectivity index is 2.41. The molecular formula is C9H18N4S. The monoisotopic (exact) mass is 214 g/mol. The molecule has 1 heterocycles. The molecule has 2 N–H and O–H groups in total. The Bertz CT molecular complexity index is 284. The lowest BCUT2D eigenvalue weighted by atomic mass is 10.2. The molecule has 80 valence electrons. The number of nitrogens with two attached hydrogens (primary N) is 1. The molecule has 1 aromatic heterocycles. The summed E-state index contributed by atoms with van der Waals surface area (Å²) in [6, 6.07) is 0.266. The molecule has 0 aliphatic rings. The average molecular weight is 214 g/mol. The molecule has 1 atom stereocenters. The first-order valence-electron chi connectivity index (χ1n) is 4.89. The van der Waals surface area contributed by atoms with Gasteiger partial charge in [-0.2, -0.15) is 0 Å². The third-order valence-corrected chi connectivity index (χ3v) is 3.35. The standard InChI is InChI=1S/C9H18N4S/c1-4-5-8(10)6-14-9-12-11-7(2)13(9)3/h8H,4-6,10H2,1-3H3. The second-order valence-corrected chi connectivity index (χ2v) is 4.44. The van der Waals surface area contributed by atoms with Gasteiger partial charge in [-0.15, -0.1) is 10.2 Å². The van der Waals surface area contributed by atoms with Gasteiger partial charge in [0.15, 0.2) is 5.16 Å². The van der Waals surface area contributed by atoms with Gasteiger partial charge >= 0.3 is 0 Å². The summed E-state index contributed by atoms with van der Waals surface area (Å²) in [5.74, 6) is 1.86. The van der Waals surface area contributed by atoms with Crippen LogP contribution in [0.2, 0.25) is 0 Å². The number of aryl methyl sites for hydroxylation is 1. The summed E-state index contributed by atoms with van der Waals surface area (Å²) in [5, 5.41) is 9.01. The third kappa shape index (κ3) is 2.99. The van der Waals surface area contributed by atoms with E-state index in [-0.39, 0.29) is 6.04 Å². The van der Waals surface area contributed by atoms with Crippen LogP contribution in [0.3, 0.4) is 0 Å². The Hall–Kier alpha value is -0.550. The van der Waals surface area contributed by atoms with Gasteiger partial charge in [-0.1, -0.05) is 25.1 Å². The van der Waals surface area contributed by atoms with Crippen molar-refractivity contribution in [3.05, 3.63) is 5.82 Å². The van der Waals surface area contributed by atoms with E-state index in [1.807, 2.05) is 18.5 Å². The number of hydrogen-bond donors (Lipinski definition) is 1. The largest absolute Gasteiger partial charge is 0.327 e. The van der Waals surface area contributed by atoms with Crippen LogP contribution in [0.1, 0.15) is 25.6 Å². The van der Waals surface area contributed by atoms with E-state index in [0.29, 0.717) is 0 Å². The van der Waals surface area contributed by atoms with Gasteiger partial charge in [0.2, 0.25) is 0 Å². The number of aromatic nitrogens is 3. The number of thioether (sulfide) groups is 1. The van der Waals surface area contributed by atoms with Crippen molar-refractivity contribution in [2.45, 2.75) is 37.9 Å². The molecule has 0 bridgehead atoms. The van der Waals surface area contributed by atoms with Gasteiger partial charge in [-0.3, -0.25) is 0 Å². The van der Waals surface area contributed by atoms with Crippen LogP contribution in [-0.4, -0.2) is 26.6 Å². The van der Waals surface area contributed by atoms with E-state index in [1.165, 1.54) is 0 Å². The van der Waals surface area contributed by atoms with Crippen LogP contribution >= 0.6 is 11.8 Å². The van der Waals surface area contributed by atoms with Crippen molar-refractivity contribution in [2.75, 3.05) is 5.75 Å². The van der Waals surface area contributed by atoms with Crippen LogP contribution in [0, 0.1) is 6.92 Å². The third-order valence-electron chi connectivity index (χ3n) is 2.14. The Kier molecular flexibility index (Phi) is 4.41. The number of rotatable bonds is 5. The predicted molar refractivity (Wildman–Crippen MR) is 59.3 cm³/mol. The summed E-state index contributed by atoms with van der Waals surface area (Å²) in [7, 11) is 1.98. The summed E-state index contributed by atoms with van der Waals surface area (Å²) in [5.41, 5.74) is 5.91. The van der Waals surface area contributed by atoms with Gasteiger partial charge in [-0.25, -0.2) is 0 Å². The lowest BCUT2D eigenvalue weighted by Gasteiger charge is -2.08. The van der Waals surface area contributed by atoms with Gasteiger partial charge in [0, 0.05) is 18.8 Å². The Labute approximate surface area is 89.3 Å². The fraction of sp³-hybridized carbons (Fsp3) is 0.778. The van der Waals surface area contributed by atoms with E-state index in [4.69, 9.17) is 5.73 Å². The molecule has 14 heavy (non-hydrogen) atoms. The first-order chi connectivity index (χ1) is 6.65. The summed E-state index contributed by atoms with van der Waals surface area (Å²) >= 11 is 1.68. The van der Waals surface area contributed by atoms with Crippen LogP contribution in [0.5, 0.6) is 0 Å². The Morgan fingerprint density at radius 1 is 1.50 bits per heavy atom. The highest BCUT2D eigenvalue weighted by molar-refractivity contribution is 7.99. The highest BCUT2D eigenvalue weighted by Gasteiger charge is 2.07. The molecular weight excluding hydrogens is 196 g/mol. The van der Waals surface area contributed by atoms with Crippen molar-refractivity contribution in [3.8, 4) is 0 Å². The van der Waals surface area contributed by atoms with Crippen molar-refractivity contribution in [2.24, 2.45) is 12.8 Å². The van der Waals surface area contributed by atoms with E-state index in [9.17, 15) is 0 Å². The molecule has 1 aromatic rings. The average Bonchev–Trinajstić information content (AvgIpc) is 2.46. The van der Waals surface area contributed by atoms with E-state index in [2.05, 4.69) is 17.1 Å². The molecule has 0 radical (unpaired) electrons. The van der Waals surface area contributed by atoms with Gasteiger partial charge < -0.3 is 10.3 Å². The molecule has 0 saturated heterocycles. The van der Waals surface area contributed by atoms with E-state index in [1.54, 1.807) is 11.8 Å². The van der Waals surface area contributed by atoms with Gasteiger partial charge in [0.05, 0.1) is 0 Å². The first kappa shape index (κ1) is 11.5. The van der Waals surface area contributed by atoms with Crippen molar-refractivity contribution in [1.82, 2.24) is 14.8 Å². The minimum atomic E-state index is 0.266. The normalized spacial score (nSPS) is 13.1. The molecule has 1 rings (SSSR count). The maximum Gasteiger partial charge on any atom is 0.190 e. The zero-order chi connectivity index (χ0) is 10.6. The van der Waals surface area contributed by atoms with Crippen molar-refractivity contribution < 1.29 is 0 Å². The molecule has 0 spiro atoms. The maximum absolute atomic E-state index is 5.91. The lowest BCUT2D eigenvalue weighted by Crippen LogP contribution is -2.22. The van der Waals surface area contributed by atoms with E-state index in [0.717, 1.165) is 29.6 Å². The van der Waals surface area contributed by atoms with Gasteiger partial charge in [0.25, 0.3) is 0 Å². The minimum Gasteiger partial charge on any atom is -0.327 e. The molecule has 5 heteroatoms. The van der Waals surface area contributed by atoms with Gasteiger partial charge in [0.1, 0.15) is 5.82 Å². The molecule has 0 aliphatic carbocycles. The fourth-order valence-electron chi connectivity index (χ4n) is 1.15. The highest BCUT2D eigenvalue weighted by atomic mass is 32.2. The highest BCUT2D eigenvalue weighted by Crippen LogP contribution is 2.16. The SMILES string of the molecule is CCCC(N)CSc1nnc(C)n1C. The van der Waals surface area contributed by atoms with Crippen molar-refractivity contribution in [3.63, 3.8) is 0 Å². The zero-order valence-corrected chi connectivity index (χ0v) is 9.84. The topological polar surface area (TPSA) is 56.7 Å². The molecule has 1 unspecified atom stereocenters. The summed E-state index contributed by atoms with van der Waals surface area (Å²) in [6.07, 6.45) is 2.21. The van der Waals surface area contributed by atoms with Crippen LogP contribution in [0.25, 0.3) is 0 Å². The van der Waals surface area contributed by atoms with Crippen molar-refractivity contribution >= 4 is 11.8 Å². The smallest absolute Gasteiger partial charge is 0.190 e. The van der Waals surface area contributed by atoms with Crippen LogP contribution < -0.4 is 5.73 Å². The van der Waals surface area contributed by atoms with E-state index < -0.39 is 0 Å². The quantitative estimate of drug-likeness (QED) is 0.752. The first-order valence-corrected chi connectivity index (χ1v) is 5.88. The van der Waals surface area contributed by atoms with Crippen LogP contribution in [0.15, 0.2) is 5.16 Å². The summed E-state index contributed by atoms with van der Waals surface area (Å²) in [6.45, 7) is 4.10. The fourth-order valence-corrected chi connectivity index (χ4v) is 2.10. The molecule has 0 saturated carbocycles. The number of hydrogen-bond acceptors (Lipinski definition) is 4. The number of nitrogens with zero attached hydrogens (tertiary/aromatic N) is 3. The molecule has 0 amide bonds. The lowest BCUT2D eigenvalue weighted by molar-refractivity contribution is 0.658. The molecule has 4 nitrogen and oxygen atoms in total. The molecule has 0 aromatic carbocycles. The molecule has 0 fully saturated rings. The van der Waals surface area contributed by atoms with Crippen LogP contribution in [0.4, 0.5) is 0 Å². The summed E-state index contributed by atoms with van der Waals surface area (Å²) < 4.78 is 1.99. The predicted octanol–water partition coefficient (Wildman–Crippen LogP) is 1.34. The summed E-state index contributed by atoms with van der Waals surface area (Å²) in [4.78, 5) is 0. The maximum atomic E-state index is 5.91. The van der Waals surface area contributed by atoms with E-state index >= 15 is 0 Å².